The number of esters is 1. The number of ether oxygens (including phenoxy) is 1. The number of carbonyl (C=O) groups excluding carboxylic acids is 1. The van der Waals surface area contributed by atoms with Gasteiger partial charge in [0, 0.05) is 16.0 Å². The highest BCUT2D eigenvalue weighted by atomic mass is 35.5. The van der Waals surface area contributed by atoms with Gasteiger partial charge < -0.3 is 17.1 Å². The smallest absolute Gasteiger partial charge is 0.375 e. The molecule has 0 atom stereocenters. The summed E-state index contributed by atoms with van der Waals surface area (Å²) in [7, 11) is 0. The molecule has 21 heavy (non-hydrogen) atoms. The van der Waals surface area contributed by atoms with E-state index in [0.717, 1.165) is 22.0 Å². The van der Waals surface area contributed by atoms with Gasteiger partial charge in [-0.15, -0.1) is 0 Å². The van der Waals surface area contributed by atoms with Crippen LogP contribution in [0.15, 0.2) is 18.3 Å². The molecule has 1 aromatic carbocycles. The number of hydrogen-bond donors (Lipinski definition) is 0. The van der Waals surface area contributed by atoms with Crippen molar-refractivity contribution < 1.29 is 26.6 Å². The van der Waals surface area contributed by atoms with Crippen molar-refractivity contribution in [3.63, 3.8) is 0 Å². The van der Waals surface area contributed by atoms with Crippen LogP contribution in [-0.2, 0) is 16.1 Å². The van der Waals surface area contributed by atoms with Crippen LogP contribution < -0.4 is 17.1 Å². The molecule has 0 saturated carbocycles. The van der Waals surface area contributed by atoms with E-state index < -0.39 is 0 Å². The summed E-state index contributed by atoms with van der Waals surface area (Å²) in [5.74, 6) is -0.263. The SMILES string of the molecule is Cc1cc(C)c2n[n+](CC(=O)OC(C)C)cc(C)c2c1.[Cl-]. The summed E-state index contributed by atoms with van der Waals surface area (Å²) < 4.78 is 6.81. The van der Waals surface area contributed by atoms with Crippen molar-refractivity contribution >= 4 is 16.9 Å². The molecular weight excluding hydrogens is 288 g/mol. The van der Waals surface area contributed by atoms with Gasteiger partial charge >= 0.3 is 5.97 Å². The van der Waals surface area contributed by atoms with Gasteiger partial charge in [0.05, 0.1) is 6.10 Å². The summed E-state index contributed by atoms with van der Waals surface area (Å²) in [6.07, 6.45) is 1.79. The summed E-state index contributed by atoms with van der Waals surface area (Å²) >= 11 is 0. The lowest BCUT2D eigenvalue weighted by molar-refractivity contribution is -0.741. The lowest BCUT2D eigenvalue weighted by atomic mass is 10.0. The molecule has 1 aromatic heterocycles. The molecule has 0 unspecified atom stereocenters. The number of rotatable bonds is 3. The van der Waals surface area contributed by atoms with Gasteiger partial charge in [-0.2, -0.15) is 0 Å². The molecule has 4 nitrogen and oxygen atoms in total. The molecule has 0 radical (unpaired) electrons. The molecule has 2 rings (SSSR count). The number of benzene rings is 1. The highest BCUT2D eigenvalue weighted by Gasteiger charge is 2.17. The van der Waals surface area contributed by atoms with E-state index in [2.05, 4.69) is 24.2 Å². The first-order valence-electron chi connectivity index (χ1n) is 6.84. The van der Waals surface area contributed by atoms with Crippen molar-refractivity contribution in [2.75, 3.05) is 0 Å². The summed E-state index contributed by atoms with van der Waals surface area (Å²) in [5, 5.41) is 5.67. The number of aromatic nitrogens is 2. The number of carbonyl (C=O) groups is 1. The topological polar surface area (TPSA) is 43.1 Å². The standard InChI is InChI=1S/C16H21N2O2.ClH/c1-10(2)20-15(19)9-18-8-13(5)14-7-11(3)6-12(4)16(14)17-18;/h6-8,10H,9H2,1-5H3;1H/q+1;/p-1. The third kappa shape index (κ3) is 4.14. The van der Waals surface area contributed by atoms with Crippen LogP contribution in [0.1, 0.15) is 30.5 Å². The number of halogens is 1. The molecule has 2 aromatic rings. The van der Waals surface area contributed by atoms with Crippen LogP contribution in [0.5, 0.6) is 0 Å². The Kier molecular flexibility index (Phi) is 5.67. The van der Waals surface area contributed by atoms with Gasteiger partial charge in [0.2, 0.25) is 6.20 Å². The second-order valence-electron chi connectivity index (χ2n) is 5.53. The van der Waals surface area contributed by atoms with Crippen molar-refractivity contribution in [3.8, 4) is 0 Å². The van der Waals surface area contributed by atoms with Gasteiger partial charge in [0.25, 0.3) is 6.54 Å². The van der Waals surface area contributed by atoms with Gasteiger partial charge in [-0.25, -0.2) is 4.79 Å². The largest absolute Gasteiger partial charge is 1.00 e. The molecule has 0 fully saturated rings. The first-order valence-corrected chi connectivity index (χ1v) is 6.84. The number of hydrogen-bond acceptors (Lipinski definition) is 3. The van der Waals surface area contributed by atoms with E-state index in [0.29, 0.717) is 0 Å². The van der Waals surface area contributed by atoms with Crippen molar-refractivity contribution in [3.05, 3.63) is 35.0 Å². The zero-order chi connectivity index (χ0) is 14.9. The van der Waals surface area contributed by atoms with Crippen LogP contribution >= 0.6 is 0 Å². The van der Waals surface area contributed by atoms with E-state index in [1.807, 2.05) is 33.9 Å². The van der Waals surface area contributed by atoms with Gasteiger partial charge in [-0.1, -0.05) is 16.3 Å². The maximum Gasteiger partial charge on any atom is 0.375 e. The lowest BCUT2D eigenvalue weighted by Gasteiger charge is -2.07. The van der Waals surface area contributed by atoms with E-state index >= 15 is 0 Å². The zero-order valence-corrected chi connectivity index (χ0v) is 13.9. The molecule has 0 bridgehead atoms. The Balaban J connectivity index is 0.00000220. The predicted molar refractivity (Wildman–Crippen MR) is 77.4 cm³/mol. The Hall–Kier alpha value is -1.68. The predicted octanol–water partition coefficient (Wildman–Crippen LogP) is -0.597. The monoisotopic (exact) mass is 308 g/mol. The molecule has 0 aliphatic rings. The molecule has 114 valence electrons. The average molecular weight is 309 g/mol. The van der Waals surface area contributed by atoms with Crippen molar-refractivity contribution in [2.45, 2.75) is 47.3 Å². The summed E-state index contributed by atoms with van der Waals surface area (Å²) in [5.41, 5.74) is 4.39. The third-order valence-corrected chi connectivity index (χ3v) is 3.10. The minimum absolute atomic E-state index is 0. The maximum atomic E-state index is 11.7. The van der Waals surface area contributed by atoms with E-state index in [1.54, 1.807) is 4.68 Å². The van der Waals surface area contributed by atoms with Crippen LogP contribution in [-0.4, -0.2) is 17.2 Å². The summed E-state index contributed by atoms with van der Waals surface area (Å²) in [6, 6.07) is 4.23. The fourth-order valence-corrected chi connectivity index (χ4v) is 2.36. The normalized spacial score (nSPS) is 10.6. The Morgan fingerprint density at radius 3 is 2.52 bits per heavy atom. The van der Waals surface area contributed by atoms with Crippen LogP contribution in [0.25, 0.3) is 10.9 Å². The summed E-state index contributed by atoms with van der Waals surface area (Å²) in [6.45, 7) is 9.98. The lowest BCUT2D eigenvalue weighted by Crippen LogP contribution is -3.00. The second kappa shape index (κ2) is 6.85. The minimum Gasteiger partial charge on any atom is -1.00 e. The second-order valence-corrected chi connectivity index (χ2v) is 5.53. The number of aryl methyl sites for hydroxylation is 3. The molecule has 0 aliphatic carbocycles. The average Bonchev–Trinajstić information content (AvgIpc) is 2.29. The fourth-order valence-electron chi connectivity index (χ4n) is 2.36. The van der Waals surface area contributed by atoms with Gasteiger partial charge in [0.1, 0.15) is 5.52 Å². The molecule has 5 heteroatoms. The number of fused-ring (bicyclic) bond motifs is 1. The maximum absolute atomic E-state index is 11.7. The fraction of sp³-hybridized carbons (Fsp3) is 0.438. The first-order chi connectivity index (χ1) is 9.36. The van der Waals surface area contributed by atoms with Crippen LogP contribution in [0.2, 0.25) is 0 Å². The van der Waals surface area contributed by atoms with E-state index in [1.165, 1.54) is 5.56 Å². The molecule has 0 amide bonds. The third-order valence-electron chi connectivity index (χ3n) is 3.10. The van der Waals surface area contributed by atoms with Crippen LogP contribution in [0, 0.1) is 20.8 Å². The van der Waals surface area contributed by atoms with Gasteiger partial charge in [-0.05, 0) is 46.2 Å². The highest BCUT2D eigenvalue weighted by Crippen LogP contribution is 2.19. The molecule has 0 saturated heterocycles. The van der Waals surface area contributed by atoms with Gasteiger partial charge in [0.15, 0.2) is 0 Å². The Morgan fingerprint density at radius 2 is 1.90 bits per heavy atom. The van der Waals surface area contributed by atoms with Gasteiger partial charge in [-0.3, -0.25) is 0 Å². The quantitative estimate of drug-likeness (QED) is 0.562. The molecule has 0 spiro atoms. The van der Waals surface area contributed by atoms with Crippen LogP contribution in [0.3, 0.4) is 0 Å². The zero-order valence-electron chi connectivity index (χ0n) is 13.1. The van der Waals surface area contributed by atoms with E-state index in [9.17, 15) is 4.79 Å². The Labute approximate surface area is 131 Å². The number of nitrogens with zero attached hydrogens (tertiary/aromatic N) is 2. The highest BCUT2D eigenvalue weighted by molar-refractivity contribution is 5.84. The van der Waals surface area contributed by atoms with Crippen molar-refractivity contribution in [1.29, 1.82) is 0 Å². The van der Waals surface area contributed by atoms with E-state index in [4.69, 9.17) is 4.74 Å². The molecule has 1 heterocycles. The Morgan fingerprint density at radius 1 is 1.24 bits per heavy atom. The summed E-state index contributed by atoms with van der Waals surface area (Å²) in [4.78, 5) is 11.7. The minimum atomic E-state index is -0.263. The van der Waals surface area contributed by atoms with Crippen LogP contribution in [0.4, 0.5) is 0 Å². The molecule has 0 N–H and O–H groups in total. The van der Waals surface area contributed by atoms with Crippen molar-refractivity contribution in [2.24, 2.45) is 0 Å². The molecule has 0 aliphatic heterocycles. The first kappa shape index (κ1) is 17.4. The Bertz CT molecular complexity index is 669. The molecular formula is C16H21ClN2O2. The van der Waals surface area contributed by atoms with Crippen molar-refractivity contribution in [1.82, 2.24) is 5.10 Å². The van der Waals surface area contributed by atoms with E-state index in [-0.39, 0.29) is 31.0 Å².